The van der Waals surface area contributed by atoms with Crippen LogP contribution in [0.2, 0.25) is 0 Å². The van der Waals surface area contributed by atoms with Crippen molar-refractivity contribution < 1.29 is 28.5 Å². The zero-order chi connectivity index (χ0) is 25.2. The van der Waals surface area contributed by atoms with Crippen molar-refractivity contribution in [3.05, 3.63) is 65.0 Å². The zero-order valence-electron chi connectivity index (χ0n) is 20.3. The number of hydrogen-bond acceptors (Lipinski definition) is 7. The van der Waals surface area contributed by atoms with E-state index in [1.165, 1.54) is 17.4 Å². The molecule has 3 aromatic rings. The molecule has 0 spiro atoms. The number of hydrogen-bond donors (Lipinski definition) is 1. The van der Waals surface area contributed by atoms with Gasteiger partial charge in [-0.1, -0.05) is 25.1 Å². The average Bonchev–Trinajstić information content (AvgIpc) is 3.30. The summed E-state index contributed by atoms with van der Waals surface area (Å²) in [6.45, 7) is 4.59. The van der Waals surface area contributed by atoms with Gasteiger partial charge in [0, 0.05) is 17.0 Å². The zero-order valence-corrected chi connectivity index (χ0v) is 21.1. The molecule has 2 aromatic carbocycles. The van der Waals surface area contributed by atoms with E-state index in [4.69, 9.17) is 18.9 Å². The summed E-state index contributed by atoms with van der Waals surface area (Å²) in [6.07, 6.45) is 3.97. The Bertz CT molecular complexity index is 1180. The van der Waals surface area contributed by atoms with Crippen molar-refractivity contribution in [2.24, 2.45) is 0 Å². The molecule has 1 N–H and O–H groups in total. The molecule has 0 fully saturated rings. The Kier molecular flexibility index (Phi) is 9.31. The van der Waals surface area contributed by atoms with Crippen molar-refractivity contribution >= 4 is 34.3 Å². The summed E-state index contributed by atoms with van der Waals surface area (Å²) in [7, 11) is 3.16. The second-order valence-electron chi connectivity index (χ2n) is 7.38. The number of nitrogens with one attached hydrogen (secondary N) is 1. The number of anilines is 1. The number of thiophene rings is 1. The van der Waals surface area contributed by atoms with Gasteiger partial charge in [-0.15, -0.1) is 11.3 Å². The first-order valence-corrected chi connectivity index (χ1v) is 12.1. The maximum atomic E-state index is 12.7. The van der Waals surface area contributed by atoms with E-state index < -0.39 is 5.97 Å². The molecule has 1 heterocycles. The minimum atomic E-state index is -0.494. The highest BCUT2D eigenvalue weighted by atomic mass is 32.1. The van der Waals surface area contributed by atoms with Gasteiger partial charge in [-0.2, -0.15) is 0 Å². The highest BCUT2D eigenvalue weighted by Gasteiger charge is 2.22. The Labute approximate surface area is 209 Å². The summed E-state index contributed by atoms with van der Waals surface area (Å²) in [5, 5.41) is 5.06. The van der Waals surface area contributed by atoms with Gasteiger partial charge in [0.2, 0.25) is 5.91 Å². The van der Waals surface area contributed by atoms with Gasteiger partial charge in [-0.05, 0) is 54.8 Å². The molecule has 8 heteroatoms. The molecule has 0 saturated carbocycles. The number of carbonyl (C=O) groups is 2. The van der Waals surface area contributed by atoms with Crippen LogP contribution in [0.3, 0.4) is 0 Å². The summed E-state index contributed by atoms with van der Waals surface area (Å²) in [5.41, 5.74) is 2.60. The van der Waals surface area contributed by atoms with Crippen molar-refractivity contribution in [2.75, 3.05) is 32.8 Å². The summed E-state index contributed by atoms with van der Waals surface area (Å²) in [4.78, 5) is 25.4. The van der Waals surface area contributed by atoms with Gasteiger partial charge in [0.25, 0.3) is 0 Å². The molecule has 0 saturated heterocycles. The van der Waals surface area contributed by atoms with E-state index in [0.29, 0.717) is 40.0 Å². The van der Waals surface area contributed by atoms with Crippen LogP contribution in [-0.2, 0) is 9.53 Å². The van der Waals surface area contributed by atoms with Crippen molar-refractivity contribution in [2.45, 2.75) is 20.3 Å². The maximum absolute atomic E-state index is 12.7. The minimum absolute atomic E-state index is 0.226. The summed E-state index contributed by atoms with van der Waals surface area (Å²) in [5.74, 6) is 1.09. The van der Waals surface area contributed by atoms with Crippen molar-refractivity contribution in [1.82, 2.24) is 0 Å². The Morgan fingerprint density at radius 2 is 1.77 bits per heavy atom. The van der Waals surface area contributed by atoms with Crippen LogP contribution in [-0.4, -0.2) is 39.3 Å². The molecule has 7 nitrogen and oxygen atoms in total. The van der Waals surface area contributed by atoms with E-state index in [9.17, 15) is 9.59 Å². The molecule has 0 bridgehead atoms. The molecule has 1 amide bonds. The van der Waals surface area contributed by atoms with Gasteiger partial charge >= 0.3 is 5.97 Å². The maximum Gasteiger partial charge on any atom is 0.341 e. The first kappa shape index (κ1) is 25.8. The summed E-state index contributed by atoms with van der Waals surface area (Å²) >= 11 is 1.27. The van der Waals surface area contributed by atoms with Crippen LogP contribution < -0.4 is 19.5 Å². The second-order valence-corrected chi connectivity index (χ2v) is 8.26. The summed E-state index contributed by atoms with van der Waals surface area (Å²) in [6, 6.07) is 12.8. The third-order valence-corrected chi connectivity index (χ3v) is 5.88. The predicted molar refractivity (Wildman–Crippen MR) is 139 cm³/mol. The molecule has 184 valence electrons. The number of benzene rings is 2. The highest BCUT2D eigenvalue weighted by molar-refractivity contribution is 7.15. The number of ether oxygens (including phenoxy) is 4. The number of carbonyl (C=O) groups excluding carboxylic acids is 2. The van der Waals surface area contributed by atoms with Crippen LogP contribution in [0.15, 0.2) is 53.9 Å². The molecule has 1 aromatic heterocycles. The SMILES string of the molecule is CCCOc1ccc(/C=C/C(=O)Nc2scc(-c3ccc(OC)cc3)c2C(=O)OCC)cc1OC. The monoisotopic (exact) mass is 495 g/mol. The second kappa shape index (κ2) is 12.6. The fourth-order valence-electron chi connectivity index (χ4n) is 3.28. The summed E-state index contributed by atoms with van der Waals surface area (Å²) < 4.78 is 21.5. The number of methoxy groups -OCH3 is 2. The average molecular weight is 496 g/mol. The van der Waals surface area contributed by atoms with Gasteiger partial charge in [0.15, 0.2) is 11.5 Å². The van der Waals surface area contributed by atoms with E-state index in [2.05, 4.69) is 5.32 Å². The largest absolute Gasteiger partial charge is 0.497 e. The van der Waals surface area contributed by atoms with Gasteiger partial charge in [0.1, 0.15) is 16.3 Å². The molecule has 0 radical (unpaired) electrons. The topological polar surface area (TPSA) is 83.1 Å². The number of esters is 1. The van der Waals surface area contributed by atoms with Crippen molar-refractivity contribution in [3.63, 3.8) is 0 Å². The first-order chi connectivity index (χ1) is 17.0. The molecule has 3 rings (SSSR count). The lowest BCUT2D eigenvalue weighted by molar-refractivity contribution is -0.111. The lowest BCUT2D eigenvalue weighted by atomic mass is 10.0. The molecule has 0 aliphatic rings. The molecular formula is C27H29NO6S. The third-order valence-electron chi connectivity index (χ3n) is 4.98. The van der Waals surface area contributed by atoms with Crippen molar-refractivity contribution in [1.29, 1.82) is 0 Å². The Balaban J connectivity index is 1.81. The van der Waals surface area contributed by atoms with Crippen molar-refractivity contribution in [3.8, 4) is 28.4 Å². The fraction of sp³-hybridized carbons (Fsp3) is 0.259. The van der Waals surface area contributed by atoms with Crippen LogP contribution in [0.25, 0.3) is 17.2 Å². The van der Waals surface area contributed by atoms with Crippen LogP contribution in [0.1, 0.15) is 36.2 Å². The molecule has 0 aliphatic heterocycles. The highest BCUT2D eigenvalue weighted by Crippen LogP contribution is 2.37. The smallest absolute Gasteiger partial charge is 0.341 e. The van der Waals surface area contributed by atoms with Crippen LogP contribution in [0, 0.1) is 0 Å². The Morgan fingerprint density at radius 3 is 2.43 bits per heavy atom. The quantitative estimate of drug-likeness (QED) is 0.258. The molecule has 0 unspecified atom stereocenters. The number of amides is 1. The van der Waals surface area contributed by atoms with Gasteiger partial charge < -0.3 is 24.3 Å². The normalized spacial score (nSPS) is 10.7. The van der Waals surface area contributed by atoms with Crippen LogP contribution in [0.4, 0.5) is 5.00 Å². The van der Waals surface area contributed by atoms with E-state index >= 15 is 0 Å². The molecule has 35 heavy (non-hydrogen) atoms. The Morgan fingerprint density at radius 1 is 1.00 bits per heavy atom. The predicted octanol–water partition coefficient (Wildman–Crippen LogP) is 6.05. The standard InChI is InChI=1S/C27H29NO6S/c1-5-15-34-22-13-7-18(16-23(22)32-4)8-14-24(29)28-26-25(27(30)33-6-2)21(17-35-26)19-9-11-20(31-3)12-10-19/h7-14,16-17H,5-6,15H2,1-4H3,(H,28,29)/b14-8+. The van der Waals surface area contributed by atoms with Gasteiger partial charge in [-0.25, -0.2) is 4.79 Å². The Hall–Kier alpha value is -3.78. The molecule has 0 atom stereocenters. The first-order valence-electron chi connectivity index (χ1n) is 11.2. The van der Waals surface area contributed by atoms with E-state index in [-0.39, 0.29) is 12.5 Å². The fourth-order valence-corrected chi connectivity index (χ4v) is 4.24. The van der Waals surface area contributed by atoms with E-state index in [1.54, 1.807) is 33.3 Å². The molecular weight excluding hydrogens is 466 g/mol. The molecule has 0 aliphatic carbocycles. The van der Waals surface area contributed by atoms with E-state index in [1.807, 2.05) is 48.7 Å². The lowest BCUT2D eigenvalue weighted by Crippen LogP contribution is -2.12. The minimum Gasteiger partial charge on any atom is -0.497 e. The van der Waals surface area contributed by atoms with E-state index in [0.717, 1.165) is 17.5 Å². The van der Waals surface area contributed by atoms with Crippen LogP contribution in [0.5, 0.6) is 17.2 Å². The third kappa shape index (κ3) is 6.64. The number of rotatable bonds is 11. The lowest BCUT2D eigenvalue weighted by Gasteiger charge is -2.10. The van der Waals surface area contributed by atoms with Gasteiger partial charge in [0.05, 0.1) is 27.4 Å². The van der Waals surface area contributed by atoms with Crippen LogP contribution >= 0.6 is 11.3 Å². The van der Waals surface area contributed by atoms with Gasteiger partial charge in [-0.3, -0.25) is 4.79 Å².